The molecule has 2 heteroatoms. The van der Waals surface area contributed by atoms with Crippen LogP contribution in [0.15, 0.2) is 36.7 Å². The summed E-state index contributed by atoms with van der Waals surface area (Å²) in [4.78, 5) is 3.98. The van der Waals surface area contributed by atoms with E-state index in [2.05, 4.69) is 35.9 Å². The Bertz CT molecular complexity index is 267. The summed E-state index contributed by atoms with van der Waals surface area (Å²) >= 11 is 0. The fraction of sp³-hybridized carbons (Fsp3) is 0.417. The van der Waals surface area contributed by atoms with Gasteiger partial charge in [-0.25, -0.2) is 0 Å². The molecule has 0 saturated carbocycles. The van der Waals surface area contributed by atoms with Crippen molar-refractivity contribution in [3.63, 3.8) is 0 Å². The van der Waals surface area contributed by atoms with E-state index in [1.807, 2.05) is 12.4 Å². The molecular formula is C12H18N2. The molecule has 1 N–H and O–H groups in total. The summed E-state index contributed by atoms with van der Waals surface area (Å²) in [7, 11) is 0. The molecule has 0 spiro atoms. The average Bonchev–Trinajstić information content (AvgIpc) is 2.25. The molecule has 0 fully saturated rings. The number of hydrogen-bond donors (Lipinski definition) is 1. The highest BCUT2D eigenvalue weighted by atomic mass is 14.8. The molecule has 0 atom stereocenters. The van der Waals surface area contributed by atoms with E-state index >= 15 is 0 Å². The quantitative estimate of drug-likeness (QED) is 0.549. The second-order valence-electron chi connectivity index (χ2n) is 3.39. The molecule has 0 aliphatic rings. The first-order valence-electron chi connectivity index (χ1n) is 5.09. The maximum Gasteiger partial charge on any atom is 0.0270 e. The summed E-state index contributed by atoms with van der Waals surface area (Å²) in [5, 5.41) is 3.36. The average molecular weight is 190 g/mol. The minimum atomic E-state index is 0.932. The molecule has 1 aromatic heterocycles. The van der Waals surface area contributed by atoms with Crippen molar-refractivity contribution in [2.24, 2.45) is 0 Å². The number of rotatable bonds is 6. The van der Waals surface area contributed by atoms with Crippen LogP contribution < -0.4 is 5.32 Å². The van der Waals surface area contributed by atoms with Gasteiger partial charge in [0.2, 0.25) is 0 Å². The second kappa shape index (κ2) is 6.33. The van der Waals surface area contributed by atoms with Crippen molar-refractivity contribution < 1.29 is 0 Å². The smallest absolute Gasteiger partial charge is 0.0270 e. The summed E-state index contributed by atoms with van der Waals surface area (Å²) in [6, 6.07) is 4.10. The fourth-order valence-electron chi connectivity index (χ4n) is 1.17. The molecule has 0 aliphatic heterocycles. The van der Waals surface area contributed by atoms with Crippen molar-refractivity contribution in [3.8, 4) is 0 Å². The van der Waals surface area contributed by atoms with E-state index < -0.39 is 0 Å². The highest BCUT2D eigenvalue weighted by molar-refractivity contribution is 5.10. The summed E-state index contributed by atoms with van der Waals surface area (Å²) in [5.41, 5.74) is 2.59. The van der Waals surface area contributed by atoms with Gasteiger partial charge in [0.15, 0.2) is 0 Å². The highest BCUT2D eigenvalue weighted by Crippen LogP contribution is 1.97. The monoisotopic (exact) mass is 190 g/mol. The van der Waals surface area contributed by atoms with E-state index in [9.17, 15) is 0 Å². The lowest BCUT2D eigenvalue weighted by atomic mass is 10.2. The zero-order valence-corrected chi connectivity index (χ0v) is 8.79. The molecule has 1 heterocycles. The number of pyridine rings is 1. The van der Waals surface area contributed by atoms with Gasteiger partial charge < -0.3 is 5.32 Å². The lowest BCUT2D eigenvalue weighted by molar-refractivity contribution is 0.717. The first-order valence-corrected chi connectivity index (χ1v) is 5.09. The highest BCUT2D eigenvalue weighted by Gasteiger charge is 1.92. The molecule has 0 unspecified atom stereocenters. The fourth-order valence-corrected chi connectivity index (χ4v) is 1.17. The van der Waals surface area contributed by atoms with Crippen LogP contribution >= 0.6 is 0 Å². The van der Waals surface area contributed by atoms with E-state index in [4.69, 9.17) is 0 Å². The Morgan fingerprint density at radius 2 is 2.14 bits per heavy atom. The molecule has 0 aliphatic carbocycles. The Labute approximate surface area is 86.1 Å². The van der Waals surface area contributed by atoms with Crippen LogP contribution in [0.1, 0.15) is 18.9 Å². The third-order valence-corrected chi connectivity index (χ3v) is 2.21. The van der Waals surface area contributed by atoms with Gasteiger partial charge in [0, 0.05) is 18.9 Å². The molecule has 0 aromatic carbocycles. The van der Waals surface area contributed by atoms with E-state index in [1.165, 1.54) is 11.1 Å². The number of aromatic nitrogens is 1. The number of nitrogens with one attached hydrogen (secondary N) is 1. The molecule has 0 saturated heterocycles. The van der Waals surface area contributed by atoms with E-state index in [1.54, 1.807) is 0 Å². The van der Waals surface area contributed by atoms with Gasteiger partial charge in [-0.3, -0.25) is 4.98 Å². The van der Waals surface area contributed by atoms with Crippen LogP contribution in [-0.2, 0) is 6.42 Å². The van der Waals surface area contributed by atoms with Crippen LogP contribution in [0.25, 0.3) is 0 Å². The van der Waals surface area contributed by atoms with Gasteiger partial charge in [0.05, 0.1) is 0 Å². The van der Waals surface area contributed by atoms with Gasteiger partial charge >= 0.3 is 0 Å². The zero-order valence-electron chi connectivity index (χ0n) is 8.79. The third-order valence-electron chi connectivity index (χ3n) is 2.21. The standard InChI is InChI=1S/C12H18N2/c1-3-11(2)10-14-9-6-12-4-7-13-8-5-12/h4-5,7-8,14H,2-3,6,9-10H2,1H3. The Morgan fingerprint density at radius 1 is 1.43 bits per heavy atom. The van der Waals surface area contributed by atoms with Crippen LogP contribution in [0.2, 0.25) is 0 Å². The van der Waals surface area contributed by atoms with Crippen molar-refractivity contribution in [2.75, 3.05) is 13.1 Å². The van der Waals surface area contributed by atoms with Crippen LogP contribution in [0.4, 0.5) is 0 Å². The van der Waals surface area contributed by atoms with E-state index in [-0.39, 0.29) is 0 Å². The van der Waals surface area contributed by atoms with Gasteiger partial charge in [-0.15, -0.1) is 0 Å². The molecule has 76 valence electrons. The largest absolute Gasteiger partial charge is 0.313 e. The van der Waals surface area contributed by atoms with Crippen molar-refractivity contribution in [2.45, 2.75) is 19.8 Å². The molecule has 0 radical (unpaired) electrons. The Morgan fingerprint density at radius 3 is 2.79 bits per heavy atom. The summed E-state index contributed by atoms with van der Waals surface area (Å²) < 4.78 is 0. The zero-order chi connectivity index (χ0) is 10.2. The Hall–Kier alpha value is -1.15. The Balaban J connectivity index is 2.13. The third kappa shape index (κ3) is 4.19. The van der Waals surface area contributed by atoms with Gasteiger partial charge in [0.25, 0.3) is 0 Å². The van der Waals surface area contributed by atoms with Crippen LogP contribution in [0.3, 0.4) is 0 Å². The molecule has 0 bridgehead atoms. The maximum atomic E-state index is 3.98. The van der Waals surface area contributed by atoms with Crippen molar-refractivity contribution in [1.29, 1.82) is 0 Å². The van der Waals surface area contributed by atoms with Crippen molar-refractivity contribution >= 4 is 0 Å². The normalized spacial score (nSPS) is 10.1. The lowest BCUT2D eigenvalue weighted by Gasteiger charge is -2.05. The van der Waals surface area contributed by atoms with Crippen LogP contribution in [0, 0.1) is 0 Å². The SMILES string of the molecule is C=C(CC)CNCCc1ccncc1. The van der Waals surface area contributed by atoms with E-state index in [0.29, 0.717) is 0 Å². The molecule has 0 amide bonds. The first kappa shape index (κ1) is 10.9. The number of nitrogens with zero attached hydrogens (tertiary/aromatic N) is 1. The van der Waals surface area contributed by atoms with E-state index in [0.717, 1.165) is 25.9 Å². The molecule has 1 rings (SSSR count). The lowest BCUT2D eigenvalue weighted by Crippen LogP contribution is -2.19. The van der Waals surface area contributed by atoms with Crippen LogP contribution in [0.5, 0.6) is 0 Å². The van der Waals surface area contributed by atoms with Gasteiger partial charge in [-0.05, 0) is 37.1 Å². The molecule has 1 aromatic rings. The minimum Gasteiger partial charge on any atom is -0.313 e. The minimum absolute atomic E-state index is 0.932. The second-order valence-corrected chi connectivity index (χ2v) is 3.39. The van der Waals surface area contributed by atoms with Crippen LogP contribution in [-0.4, -0.2) is 18.1 Å². The molecular weight excluding hydrogens is 172 g/mol. The van der Waals surface area contributed by atoms with Crippen molar-refractivity contribution in [3.05, 3.63) is 42.2 Å². The van der Waals surface area contributed by atoms with Gasteiger partial charge in [-0.2, -0.15) is 0 Å². The first-order chi connectivity index (χ1) is 6.83. The van der Waals surface area contributed by atoms with Gasteiger partial charge in [-0.1, -0.05) is 19.1 Å². The summed E-state index contributed by atoms with van der Waals surface area (Å²) in [5.74, 6) is 0. The molecule has 14 heavy (non-hydrogen) atoms. The predicted octanol–water partition coefficient (Wildman–Crippen LogP) is 2.18. The predicted molar refractivity (Wildman–Crippen MR) is 60.2 cm³/mol. The van der Waals surface area contributed by atoms with Gasteiger partial charge in [0.1, 0.15) is 0 Å². The summed E-state index contributed by atoms with van der Waals surface area (Å²) in [6.45, 7) is 8.01. The molecule has 2 nitrogen and oxygen atoms in total. The van der Waals surface area contributed by atoms with Crippen molar-refractivity contribution in [1.82, 2.24) is 10.3 Å². The number of hydrogen-bond acceptors (Lipinski definition) is 2. The summed E-state index contributed by atoms with van der Waals surface area (Å²) in [6.07, 6.45) is 5.78. The maximum absolute atomic E-state index is 3.98. The Kier molecular flexibility index (Phi) is 4.94. The topological polar surface area (TPSA) is 24.9 Å².